The molecule has 5 nitrogen and oxygen atoms in total. The van der Waals surface area contributed by atoms with E-state index in [2.05, 4.69) is 0 Å². The number of methoxy groups -OCH3 is 1. The van der Waals surface area contributed by atoms with Crippen molar-refractivity contribution in [3.63, 3.8) is 0 Å². The number of nitrogens with two attached hydrogens (primary N) is 1. The molecule has 0 spiro atoms. The van der Waals surface area contributed by atoms with Crippen LogP contribution >= 0.6 is 12.2 Å². The van der Waals surface area contributed by atoms with E-state index in [9.17, 15) is 4.79 Å². The minimum atomic E-state index is -0.249. The number of carbonyl (C=O) groups is 1. The molecule has 1 fully saturated rings. The summed E-state index contributed by atoms with van der Waals surface area (Å²) in [4.78, 5) is 14.2. The molecular weight excluding hydrogens is 288 g/mol. The van der Waals surface area contributed by atoms with Crippen LogP contribution in [-0.2, 0) is 9.53 Å². The Bertz CT molecular complexity index is 544. The predicted octanol–water partition coefficient (Wildman–Crippen LogP) is 1.86. The van der Waals surface area contributed by atoms with Gasteiger partial charge in [-0.3, -0.25) is 4.79 Å². The molecule has 1 saturated carbocycles. The first-order chi connectivity index (χ1) is 10.1. The lowest BCUT2D eigenvalue weighted by molar-refractivity contribution is -0.141. The van der Waals surface area contributed by atoms with Crippen LogP contribution in [0.5, 0.6) is 5.75 Å². The molecular formula is C15H20N2O3S. The van der Waals surface area contributed by atoms with Gasteiger partial charge in [0.05, 0.1) is 19.4 Å². The van der Waals surface area contributed by atoms with Crippen molar-refractivity contribution in [3.8, 4) is 5.75 Å². The molecule has 0 saturated heterocycles. The number of anilines is 1. The van der Waals surface area contributed by atoms with Crippen LogP contribution < -0.4 is 15.4 Å². The second-order valence-electron chi connectivity index (χ2n) is 4.91. The van der Waals surface area contributed by atoms with E-state index >= 15 is 0 Å². The highest BCUT2D eigenvalue weighted by Gasteiger charge is 2.32. The van der Waals surface area contributed by atoms with Crippen molar-refractivity contribution in [1.29, 1.82) is 0 Å². The molecule has 1 aromatic rings. The van der Waals surface area contributed by atoms with Gasteiger partial charge in [-0.15, -0.1) is 0 Å². The third-order valence-corrected chi connectivity index (χ3v) is 3.59. The highest BCUT2D eigenvalue weighted by Crippen LogP contribution is 2.35. The maximum Gasteiger partial charge on any atom is 0.325 e. The summed E-state index contributed by atoms with van der Waals surface area (Å²) in [5.74, 6) is 0.459. The van der Waals surface area contributed by atoms with E-state index in [1.165, 1.54) is 0 Å². The van der Waals surface area contributed by atoms with E-state index in [0.717, 1.165) is 24.1 Å². The summed E-state index contributed by atoms with van der Waals surface area (Å²) in [7, 11) is 1.60. The second-order valence-corrected chi connectivity index (χ2v) is 5.35. The van der Waals surface area contributed by atoms with Crippen LogP contribution in [0.2, 0.25) is 0 Å². The quantitative estimate of drug-likeness (QED) is 0.613. The molecule has 0 heterocycles. The summed E-state index contributed by atoms with van der Waals surface area (Å²) < 4.78 is 10.3. The fraction of sp³-hybridized carbons (Fsp3) is 0.467. The van der Waals surface area contributed by atoms with E-state index in [1.54, 1.807) is 14.0 Å². The van der Waals surface area contributed by atoms with Crippen LogP contribution in [0.15, 0.2) is 18.2 Å². The first-order valence-corrected chi connectivity index (χ1v) is 7.37. The van der Waals surface area contributed by atoms with E-state index in [4.69, 9.17) is 27.4 Å². The maximum absolute atomic E-state index is 11.8. The number of hydrogen-bond donors (Lipinski definition) is 1. The molecule has 0 bridgehead atoms. The van der Waals surface area contributed by atoms with Gasteiger partial charge in [0.25, 0.3) is 0 Å². The molecule has 0 aliphatic heterocycles. The highest BCUT2D eigenvalue weighted by molar-refractivity contribution is 7.80. The van der Waals surface area contributed by atoms with Gasteiger partial charge in [-0.1, -0.05) is 12.2 Å². The van der Waals surface area contributed by atoms with Gasteiger partial charge in [0.1, 0.15) is 17.3 Å². The summed E-state index contributed by atoms with van der Waals surface area (Å²) in [5.41, 5.74) is 7.38. The molecule has 0 atom stereocenters. The first kappa shape index (κ1) is 15.6. The third kappa shape index (κ3) is 3.85. The Kier molecular flexibility index (Phi) is 5.01. The van der Waals surface area contributed by atoms with Gasteiger partial charge in [-0.05, 0) is 31.9 Å². The lowest BCUT2D eigenvalue weighted by atomic mass is 10.1. The van der Waals surface area contributed by atoms with Crippen molar-refractivity contribution >= 4 is 28.9 Å². The Hall–Kier alpha value is -1.82. The third-order valence-electron chi connectivity index (χ3n) is 3.37. The Morgan fingerprint density at radius 1 is 1.48 bits per heavy atom. The van der Waals surface area contributed by atoms with Crippen molar-refractivity contribution in [3.05, 3.63) is 23.8 Å². The van der Waals surface area contributed by atoms with Gasteiger partial charge in [-0.25, -0.2) is 0 Å². The molecule has 2 rings (SSSR count). The average molecular weight is 308 g/mol. The van der Waals surface area contributed by atoms with Crippen LogP contribution in [0, 0.1) is 0 Å². The Morgan fingerprint density at radius 3 is 2.71 bits per heavy atom. The van der Waals surface area contributed by atoms with E-state index < -0.39 is 0 Å². The number of ether oxygens (including phenoxy) is 2. The van der Waals surface area contributed by atoms with Crippen molar-refractivity contribution in [2.24, 2.45) is 5.73 Å². The minimum Gasteiger partial charge on any atom is -0.497 e. The van der Waals surface area contributed by atoms with Crippen molar-refractivity contribution in [1.82, 2.24) is 0 Å². The Morgan fingerprint density at radius 2 is 2.19 bits per heavy atom. The maximum atomic E-state index is 11.8. The second kappa shape index (κ2) is 6.76. The largest absolute Gasteiger partial charge is 0.497 e. The SMILES string of the molecule is CCOC(=O)CN(c1cc(OC)ccc1C(N)=S)C1CC1. The monoisotopic (exact) mass is 308 g/mol. The zero-order valence-electron chi connectivity index (χ0n) is 12.3. The topological polar surface area (TPSA) is 64.8 Å². The summed E-state index contributed by atoms with van der Waals surface area (Å²) in [6, 6.07) is 5.84. The lowest BCUT2D eigenvalue weighted by Crippen LogP contribution is -2.34. The first-order valence-electron chi connectivity index (χ1n) is 6.97. The zero-order chi connectivity index (χ0) is 15.4. The van der Waals surface area contributed by atoms with Gasteiger partial charge in [0.2, 0.25) is 0 Å². The average Bonchev–Trinajstić information content (AvgIpc) is 3.28. The fourth-order valence-corrected chi connectivity index (χ4v) is 2.40. The molecule has 0 radical (unpaired) electrons. The van der Waals surface area contributed by atoms with Crippen molar-refractivity contribution in [2.45, 2.75) is 25.8 Å². The Balaban J connectivity index is 2.34. The predicted molar refractivity (Wildman–Crippen MR) is 85.9 cm³/mol. The molecule has 1 aliphatic rings. The van der Waals surface area contributed by atoms with Gasteiger partial charge in [-0.2, -0.15) is 0 Å². The lowest BCUT2D eigenvalue weighted by Gasteiger charge is -2.26. The molecule has 0 aromatic heterocycles. The van der Waals surface area contributed by atoms with E-state index in [1.807, 2.05) is 23.1 Å². The van der Waals surface area contributed by atoms with Gasteiger partial charge in [0.15, 0.2) is 0 Å². The molecule has 6 heteroatoms. The summed E-state index contributed by atoms with van der Waals surface area (Å²) in [6.07, 6.45) is 2.10. The summed E-state index contributed by atoms with van der Waals surface area (Å²) in [5, 5.41) is 0. The number of carbonyl (C=O) groups excluding carboxylic acids is 1. The molecule has 1 aromatic carbocycles. The smallest absolute Gasteiger partial charge is 0.325 e. The van der Waals surface area contributed by atoms with Crippen LogP contribution in [0.25, 0.3) is 0 Å². The van der Waals surface area contributed by atoms with Crippen LogP contribution in [0.4, 0.5) is 5.69 Å². The summed E-state index contributed by atoms with van der Waals surface area (Å²) >= 11 is 5.11. The molecule has 0 unspecified atom stereocenters. The molecule has 2 N–H and O–H groups in total. The number of thiocarbonyl (C=S) groups is 1. The normalized spacial score (nSPS) is 13.6. The van der Waals surface area contributed by atoms with Gasteiger partial charge in [0, 0.05) is 17.7 Å². The fourth-order valence-electron chi connectivity index (χ4n) is 2.23. The highest BCUT2D eigenvalue weighted by atomic mass is 32.1. The number of nitrogens with zero attached hydrogens (tertiary/aromatic N) is 1. The van der Waals surface area contributed by atoms with E-state index in [-0.39, 0.29) is 12.5 Å². The van der Waals surface area contributed by atoms with E-state index in [0.29, 0.717) is 23.4 Å². The van der Waals surface area contributed by atoms with Crippen LogP contribution in [0.3, 0.4) is 0 Å². The van der Waals surface area contributed by atoms with Crippen LogP contribution in [-0.4, -0.2) is 37.3 Å². The standard InChI is InChI=1S/C15H20N2O3S/c1-3-20-14(18)9-17(10-4-5-10)13-8-11(19-2)6-7-12(13)15(16)21/h6-8,10H,3-5,9H2,1-2H3,(H2,16,21). The Labute approximate surface area is 130 Å². The van der Waals surface area contributed by atoms with Gasteiger partial charge < -0.3 is 20.1 Å². The molecule has 114 valence electrons. The van der Waals surface area contributed by atoms with Crippen LogP contribution in [0.1, 0.15) is 25.3 Å². The van der Waals surface area contributed by atoms with Gasteiger partial charge >= 0.3 is 5.97 Å². The zero-order valence-corrected chi connectivity index (χ0v) is 13.1. The number of esters is 1. The molecule has 1 aliphatic carbocycles. The number of hydrogen-bond acceptors (Lipinski definition) is 5. The minimum absolute atomic E-state index is 0.196. The van der Waals surface area contributed by atoms with Crippen molar-refractivity contribution in [2.75, 3.05) is 25.2 Å². The number of rotatable bonds is 7. The number of benzene rings is 1. The summed E-state index contributed by atoms with van der Waals surface area (Å²) in [6.45, 7) is 2.37. The molecule has 0 amide bonds. The van der Waals surface area contributed by atoms with Crippen molar-refractivity contribution < 1.29 is 14.3 Å². The molecule has 21 heavy (non-hydrogen) atoms.